The van der Waals surface area contributed by atoms with Gasteiger partial charge in [-0.3, -0.25) is 14.4 Å². The molecule has 0 radical (unpaired) electrons. The first-order valence-corrected chi connectivity index (χ1v) is 10.5. The van der Waals surface area contributed by atoms with Crippen molar-refractivity contribution in [3.05, 3.63) is 0 Å². The molecule has 1 aliphatic carbocycles. The van der Waals surface area contributed by atoms with Crippen LogP contribution in [0.25, 0.3) is 0 Å². The number of rotatable bonds is 8. The van der Waals surface area contributed by atoms with E-state index in [1.807, 2.05) is 4.90 Å². The van der Waals surface area contributed by atoms with Crippen LogP contribution in [0.1, 0.15) is 51.4 Å². The average Bonchev–Trinajstić information content (AvgIpc) is 3.52. The number of carbonyl (C=O) groups excluding carboxylic acids is 2. The Bertz CT molecular complexity index is 550. The van der Waals surface area contributed by atoms with Gasteiger partial charge >= 0.3 is 5.97 Å². The molecule has 0 aromatic rings. The maximum atomic E-state index is 12.6. The number of carboxylic acids is 1. The van der Waals surface area contributed by atoms with Crippen molar-refractivity contribution in [3.63, 3.8) is 0 Å². The zero-order valence-electron chi connectivity index (χ0n) is 16.5. The average molecular weight is 416 g/mol. The molecule has 0 aromatic carbocycles. The molecule has 3 N–H and O–H groups in total. The highest BCUT2D eigenvalue weighted by Crippen LogP contribution is 2.36. The summed E-state index contributed by atoms with van der Waals surface area (Å²) in [6.45, 7) is 3.50. The van der Waals surface area contributed by atoms with Crippen molar-refractivity contribution in [2.24, 2.45) is 23.7 Å². The third-order valence-electron chi connectivity index (χ3n) is 6.37. The van der Waals surface area contributed by atoms with E-state index in [0.29, 0.717) is 18.9 Å². The van der Waals surface area contributed by atoms with Crippen molar-refractivity contribution < 1.29 is 19.5 Å². The van der Waals surface area contributed by atoms with Crippen LogP contribution < -0.4 is 10.6 Å². The van der Waals surface area contributed by atoms with Gasteiger partial charge in [-0.15, -0.1) is 12.4 Å². The topological polar surface area (TPSA) is 98.7 Å². The second kappa shape index (κ2) is 11.0. The largest absolute Gasteiger partial charge is 0.481 e. The Morgan fingerprint density at radius 3 is 2.46 bits per heavy atom. The highest BCUT2D eigenvalue weighted by molar-refractivity contribution is 5.85. The number of carbonyl (C=O) groups is 3. The van der Waals surface area contributed by atoms with Crippen LogP contribution in [0, 0.1) is 23.7 Å². The lowest BCUT2D eigenvalue weighted by atomic mass is 9.92. The minimum Gasteiger partial charge on any atom is -0.481 e. The standard InChI is InChI=1S/C20H33N3O4.ClH/c24-18(6-3-14-7-9-21-10-8-14)23-11-1-2-16(13-23)19(25)22-12-17(20(26)27)15-4-5-15;/h14-17,21H,1-13H2,(H,22,25)(H,26,27);1H/t16-,17?;/m1./s1. The first-order chi connectivity index (χ1) is 13.0. The van der Waals surface area contributed by atoms with E-state index in [4.69, 9.17) is 0 Å². The zero-order valence-corrected chi connectivity index (χ0v) is 17.3. The van der Waals surface area contributed by atoms with Gasteiger partial charge in [0.05, 0.1) is 11.8 Å². The molecule has 2 amide bonds. The zero-order chi connectivity index (χ0) is 19.2. The molecule has 0 spiro atoms. The van der Waals surface area contributed by atoms with Crippen LogP contribution >= 0.6 is 12.4 Å². The predicted octanol–water partition coefficient (Wildman–Crippen LogP) is 1.65. The van der Waals surface area contributed by atoms with Gasteiger partial charge < -0.3 is 20.6 Å². The number of amides is 2. The smallest absolute Gasteiger partial charge is 0.308 e. The molecule has 2 aliphatic heterocycles. The summed E-state index contributed by atoms with van der Waals surface area (Å²) in [5.74, 6) is -0.603. The van der Waals surface area contributed by atoms with Gasteiger partial charge in [0.2, 0.25) is 11.8 Å². The number of hydrogen-bond donors (Lipinski definition) is 3. The molecule has 8 heteroatoms. The van der Waals surface area contributed by atoms with Gasteiger partial charge in [-0.25, -0.2) is 0 Å². The number of carboxylic acid groups (broad SMARTS) is 1. The second-order valence-electron chi connectivity index (χ2n) is 8.44. The Hall–Kier alpha value is -1.34. The number of piperidine rings is 2. The van der Waals surface area contributed by atoms with Crippen molar-refractivity contribution in [3.8, 4) is 0 Å². The van der Waals surface area contributed by atoms with E-state index in [-0.39, 0.29) is 42.6 Å². The Balaban J connectivity index is 0.00000280. The summed E-state index contributed by atoms with van der Waals surface area (Å²) in [6.07, 6.45) is 7.28. The third kappa shape index (κ3) is 6.62. The number of hydrogen-bond acceptors (Lipinski definition) is 4. The van der Waals surface area contributed by atoms with Crippen molar-refractivity contribution >= 4 is 30.2 Å². The van der Waals surface area contributed by atoms with Crippen LogP contribution in [-0.4, -0.2) is 60.5 Å². The van der Waals surface area contributed by atoms with Crippen molar-refractivity contribution in [2.45, 2.75) is 51.4 Å². The summed E-state index contributed by atoms with van der Waals surface area (Å²) < 4.78 is 0. The fourth-order valence-corrected chi connectivity index (χ4v) is 4.38. The number of likely N-dealkylation sites (tertiary alicyclic amines) is 1. The van der Waals surface area contributed by atoms with Crippen LogP contribution in [0.2, 0.25) is 0 Å². The maximum Gasteiger partial charge on any atom is 0.308 e. The van der Waals surface area contributed by atoms with E-state index >= 15 is 0 Å². The fourth-order valence-electron chi connectivity index (χ4n) is 4.38. The first kappa shape index (κ1) is 22.9. The Morgan fingerprint density at radius 2 is 1.82 bits per heavy atom. The van der Waals surface area contributed by atoms with Crippen LogP contribution in [-0.2, 0) is 14.4 Å². The molecular formula is C20H34ClN3O4. The highest BCUT2D eigenvalue weighted by Gasteiger charge is 2.37. The highest BCUT2D eigenvalue weighted by atomic mass is 35.5. The quantitative estimate of drug-likeness (QED) is 0.560. The van der Waals surface area contributed by atoms with E-state index in [1.54, 1.807) is 0 Å². The van der Waals surface area contributed by atoms with Crippen LogP contribution in [0.5, 0.6) is 0 Å². The van der Waals surface area contributed by atoms with Crippen LogP contribution in [0.4, 0.5) is 0 Å². The summed E-state index contributed by atoms with van der Waals surface area (Å²) in [5, 5.41) is 15.5. The molecule has 3 fully saturated rings. The number of nitrogens with one attached hydrogen (secondary N) is 2. The second-order valence-corrected chi connectivity index (χ2v) is 8.44. The Morgan fingerprint density at radius 1 is 1.11 bits per heavy atom. The summed E-state index contributed by atoms with van der Waals surface area (Å²) in [5.41, 5.74) is 0. The number of halogens is 1. The summed E-state index contributed by atoms with van der Waals surface area (Å²) in [4.78, 5) is 38.2. The van der Waals surface area contributed by atoms with Gasteiger partial charge in [0.1, 0.15) is 0 Å². The van der Waals surface area contributed by atoms with Gasteiger partial charge in [0.15, 0.2) is 0 Å². The molecule has 2 saturated heterocycles. The first-order valence-electron chi connectivity index (χ1n) is 10.5. The SMILES string of the molecule is Cl.O=C(O)C(CNC(=O)[C@@H]1CCCN(C(=O)CCC2CCNCC2)C1)C1CC1. The summed E-state index contributed by atoms with van der Waals surface area (Å²) >= 11 is 0. The molecule has 28 heavy (non-hydrogen) atoms. The number of aliphatic carboxylic acids is 1. The molecule has 0 bridgehead atoms. The minimum atomic E-state index is -0.823. The van der Waals surface area contributed by atoms with Crippen LogP contribution in [0.15, 0.2) is 0 Å². The maximum absolute atomic E-state index is 12.6. The van der Waals surface area contributed by atoms with Crippen molar-refractivity contribution in [1.82, 2.24) is 15.5 Å². The van der Waals surface area contributed by atoms with E-state index < -0.39 is 11.9 Å². The molecule has 2 atom stereocenters. The molecule has 160 valence electrons. The normalized spacial score (nSPS) is 24.1. The molecule has 3 aliphatic rings. The fraction of sp³-hybridized carbons (Fsp3) is 0.850. The third-order valence-corrected chi connectivity index (χ3v) is 6.37. The lowest BCUT2D eigenvalue weighted by Crippen LogP contribution is -2.46. The Kier molecular flexibility index (Phi) is 9.02. The molecule has 3 rings (SSSR count). The van der Waals surface area contributed by atoms with Crippen molar-refractivity contribution in [1.29, 1.82) is 0 Å². The lowest BCUT2D eigenvalue weighted by molar-refractivity contribution is -0.142. The van der Waals surface area contributed by atoms with E-state index in [0.717, 1.165) is 64.6 Å². The van der Waals surface area contributed by atoms with Gasteiger partial charge in [-0.05, 0) is 69.9 Å². The molecule has 7 nitrogen and oxygen atoms in total. The molecule has 0 aromatic heterocycles. The minimum absolute atomic E-state index is 0. The summed E-state index contributed by atoms with van der Waals surface area (Å²) in [7, 11) is 0. The van der Waals surface area contributed by atoms with Gasteiger partial charge in [-0.2, -0.15) is 0 Å². The monoisotopic (exact) mass is 415 g/mol. The summed E-state index contributed by atoms with van der Waals surface area (Å²) in [6, 6.07) is 0. The molecule has 2 heterocycles. The van der Waals surface area contributed by atoms with E-state index in [1.165, 1.54) is 0 Å². The van der Waals surface area contributed by atoms with Crippen molar-refractivity contribution in [2.75, 3.05) is 32.7 Å². The van der Waals surface area contributed by atoms with Gasteiger partial charge in [-0.1, -0.05) is 0 Å². The molecule has 1 unspecified atom stereocenters. The van der Waals surface area contributed by atoms with E-state index in [9.17, 15) is 19.5 Å². The number of nitrogens with zero attached hydrogens (tertiary/aromatic N) is 1. The lowest BCUT2D eigenvalue weighted by Gasteiger charge is -2.33. The Labute approximate surface area is 173 Å². The van der Waals surface area contributed by atoms with Crippen LogP contribution in [0.3, 0.4) is 0 Å². The predicted molar refractivity (Wildman–Crippen MR) is 108 cm³/mol. The molecular weight excluding hydrogens is 382 g/mol. The van der Waals surface area contributed by atoms with E-state index in [2.05, 4.69) is 10.6 Å². The van der Waals surface area contributed by atoms with Gasteiger partial charge in [0, 0.05) is 26.1 Å². The van der Waals surface area contributed by atoms with Gasteiger partial charge in [0.25, 0.3) is 0 Å². The molecule has 1 saturated carbocycles.